The third-order valence-electron chi connectivity index (χ3n) is 12.7. The molecule has 0 aliphatic heterocycles. The molecule has 10 heteroatoms. The van der Waals surface area contributed by atoms with Crippen LogP contribution in [0.2, 0.25) is 0 Å². The first-order valence-corrected chi connectivity index (χ1v) is 30.6. The number of phosphoric ester groups is 1. The summed E-state index contributed by atoms with van der Waals surface area (Å²) in [5, 5.41) is 3.03. The van der Waals surface area contributed by atoms with Crippen molar-refractivity contribution in [2.45, 2.75) is 270 Å². The lowest BCUT2D eigenvalue weighted by molar-refractivity contribution is -0.870. The number of hydrogen-bond acceptors (Lipinski definition) is 6. The number of allylic oxidation sites excluding steroid dienone is 9. The van der Waals surface area contributed by atoms with Crippen LogP contribution in [0.4, 0.5) is 0 Å². The number of quaternary nitrogens is 1. The summed E-state index contributed by atoms with van der Waals surface area (Å²) in [5.74, 6) is -0.537. The Kier molecular flexibility index (Phi) is 48.6. The molecule has 0 heterocycles. The Balaban J connectivity index is 5.33. The number of carbonyl (C=O) groups excluding carboxylic acids is 2. The third kappa shape index (κ3) is 50.6. The molecule has 0 aromatic heterocycles. The molecule has 3 unspecified atom stereocenters. The van der Waals surface area contributed by atoms with Gasteiger partial charge < -0.3 is 19.4 Å². The van der Waals surface area contributed by atoms with E-state index in [0.717, 1.165) is 83.5 Å². The highest BCUT2D eigenvalue weighted by Gasteiger charge is 2.30. The van der Waals surface area contributed by atoms with Gasteiger partial charge in [0.15, 0.2) is 0 Å². The van der Waals surface area contributed by atoms with Crippen LogP contribution in [0.15, 0.2) is 60.8 Å². The molecule has 0 aliphatic carbocycles. The Labute approximate surface area is 432 Å². The number of amides is 1. The summed E-state index contributed by atoms with van der Waals surface area (Å²) in [6.07, 6.45) is 62.2. The van der Waals surface area contributed by atoms with Gasteiger partial charge in [0.1, 0.15) is 19.3 Å². The van der Waals surface area contributed by atoms with Gasteiger partial charge in [0.2, 0.25) is 5.91 Å². The van der Waals surface area contributed by atoms with Crippen LogP contribution in [0.3, 0.4) is 0 Å². The molecule has 0 bridgehead atoms. The highest BCUT2D eigenvalue weighted by Crippen LogP contribution is 2.43. The molecule has 1 amide bonds. The van der Waals surface area contributed by atoms with Crippen LogP contribution in [0, 0.1) is 0 Å². The zero-order valence-electron chi connectivity index (χ0n) is 46.5. The second-order valence-electron chi connectivity index (χ2n) is 20.8. The fraction of sp³-hybridized carbons (Fsp3) is 0.800. The molecule has 0 aromatic carbocycles. The van der Waals surface area contributed by atoms with Crippen LogP contribution < -0.4 is 5.32 Å². The summed E-state index contributed by atoms with van der Waals surface area (Å²) in [7, 11) is 1.47. The van der Waals surface area contributed by atoms with Gasteiger partial charge in [-0.15, -0.1) is 0 Å². The Hall–Kier alpha value is -2.29. The zero-order valence-corrected chi connectivity index (χ0v) is 47.4. The predicted octanol–water partition coefficient (Wildman–Crippen LogP) is 17.5. The first-order chi connectivity index (χ1) is 33.9. The minimum absolute atomic E-state index is 0.0334. The minimum atomic E-state index is -4.45. The van der Waals surface area contributed by atoms with Gasteiger partial charge in [-0.3, -0.25) is 18.6 Å². The predicted molar refractivity (Wildman–Crippen MR) is 300 cm³/mol. The number of nitrogens with one attached hydrogen (secondary N) is 1. The molecule has 0 spiro atoms. The Morgan fingerprint density at radius 1 is 0.514 bits per heavy atom. The van der Waals surface area contributed by atoms with E-state index in [1.807, 2.05) is 33.3 Å². The molecule has 0 saturated carbocycles. The number of carbonyl (C=O) groups is 2. The SMILES string of the molecule is CC/C=C/C/C=C/C/C=C/C/C=C/CCCCCC(=O)NC(COP(=O)(O)OCC[N+](C)(C)C)C(/C=C/CCCCCCCCCCC)OC(=O)CCCCCCCCCCCCCCCCCCC. The van der Waals surface area contributed by atoms with Crippen molar-refractivity contribution in [3.63, 3.8) is 0 Å². The van der Waals surface area contributed by atoms with Gasteiger partial charge in [-0.05, 0) is 70.3 Å². The second kappa shape index (κ2) is 50.3. The third-order valence-corrected chi connectivity index (χ3v) is 13.7. The number of nitrogens with zero attached hydrogens (tertiary/aromatic N) is 1. The van der Waals surface area contributed by atoms with Crippen molar-refractivity contribution in [3.8, 4) is 0 Å². The minimum Gasteiger partial charge on any atom is -0.456 e. The average Bonchev–Trinajstić information content (AvgIpc) is 3.32. The van der Waals surface area contributed by atoms with Crippen molar-refractivity contribution in [2.24, 2.45) is 0 Å². The molecule has 0 rings (SSSR count). The number of unbranched alkanes of at least 4 members (excludes halogenated alkanes) is 28. The number of hydrogen-bond donors (Lipinski definition) is 2. The summed E-state index contributed by atoms with van der Waals surface area (Å²) in [4.78, 5) is 37.6. The van der Waals surface area contributed by atoms with E-state index in [4.69, 9.17) is 13.8 Å². The van der Waals surface area contributed by atoms with Gasteiger partial charge in [-0.1, -0.05) is 236 Å². The van der Waals surface area contributed by atoms with E-state index in [9.17, 15) is 19.0 Å². The van der Waals surface area contributed by atoms with Gasteiger partial charge in [-0.2, -0.15) is 0 Å². The highest BCUT2D eigenvalue weighted by molar-refractivity contribution is 7.47. The molecule has 408 valence electrons. The Bertz CT molecular complexity index is 1390. The van der Waals surface area contributed by atoms with Gasteiger partial charge in [0, 0.05) is 12.8 Å². The van der Waals surface area contributed by atoms with E-state index in [1.54, 1.807) is 0 Å². The first kappa shape index (κ1) is 67.7. The van der Waals surface area contributed by atoms with Crippen LogP contribution in [0.5, 0.6) is 0 Å². The van der Waals surface area contributed by atoms with E-state index < -0.39 is 20.0 Å². The van der Waals surface area contributed by atoms with Crippen molar-refractivity contribution in [1.82, 2.24) is 5.32 Å². The number of rotatable bonds is 52. The standard InChI is InChI=1S/C60H111N2O7P/c1-7-10-13-16-19-22-25-27-29-31-33-35-38-41-44-47-50-53-60(64)69-58(51-48-45-42-39-36-24-21-18-15-12-9-3)57(56-68-70(65,66)67-55-54-62(4,5)6)61-59(63)52-49-46-43-40-37-34-32-30-28-26-23-20-17-14-11-8-2/h11,14,20,23,28,30,34,37,48,51,57-58H,7-10,12-13,15-19,21-22,24-27,29,31-33,35-36,38-47,49-50,52-56H2,1-6H3,(H-,61,63,65,66)/p+1/b14-11+,23-20+,30-28+,37-34+,51-48+. The van der Waals surface area contributed by atoms with E-state index in [0.29, 0.717) is 23.9 Å². The highest BCUT2D eigenvalue weighted by atomic mass is 31.2. The monoisotopic (exact) mass is 1000 g/mol. The molecule has 0 radical (unpaired) electrons. The molecule has 0 fully saturated rings. The number of esters is 1. The van der Waals surface area contributed by atoms with Crippen molar-refractivity contribution in [2.75, 3.05) is 40.9 Å². The van der Waals surface area contributed by atoms with Crippen LogP contribution >= 0.6 is 7.82 Å². The van der Waals surface area contributed by atoms with Crippen molar-refractivity contribution in [1.29, 1.82) is 0 Å². The normalized spacial score (nSPS) is 14.2. The number of phosphoric acid groups is 1. The molecule has 0 aliphatic rings. The molecule has 2 N–H and O–H groups in total. The van der Waals surface area contributed by atoms with E-state index >= 15 is 0 Å². The zero-order chi connectivity index (χ0) is 51.5. The number of likely N-dealkylation sites (N-methyl/N-ethyl adjacent to an activating group) is 1. The maximum atomic E-state index is 13.5. The summed E-state index contributed by atoms with van der Waals surface area (Å²) in [6, 6.07) is -0.863. The average molecular weight is 1000 g/mol. The van der Waals surface area contributed by atoms with Crippen LogP contribution in [0.1, 0.15) is 258 Å². The molecular weight excluding hydrogens is 892 g/mol. The van der Waals surface area contributed by atoms with Crippen LogP contribution in [-0.4, -0.2) is 74.3 Å². The van der Waals surface area contributed by atoms with Gasteiger partial charge >= 0.3 is 13.8 Å². The molecule has 0 aromatic rings. The largest absolute Gasteiger partial charge is 0.472 e. The Morgan fingerprint density at radius 2 is 0.914 bits per heavy atom. The number of ether oxygens (including phenoxy) is 1. The van der Waals surface area contributed by atoms with E-state index in [2.05, 4.69) is 74.7 Å². The lowest BCUT2D eigenvalue weighted by Crippen LogP contribution is -2.47. The quantitative estimate of drug-likeness (QED) is 0.0205. The van der Waals surface area contributed by atoms with Crippen molar-refractivity contribution < 1.29 is 37.3 Å². The van der Waals surface area contributed by atoms with E-state index in [-0.39, 0.29) is 31.5 Å². The topological polar surface area (TPSA) is 111 Å². The summed E-state index contributed by atoms with van der Waals surface area (Å²) in [6.45, 7) is 6.88. The fourth-order valence-electron chi connectivity index (χ4n) is 8.23. The maximum Gasteiger partial charge on any atom is 0.472 e. The van der Waals surface area contributed by atoms with E-state index in [1.165, 1.54) is 135 Å². The molecule has 3 atom stereocenters. The van der Waals surface area contributed by atoms with Gasteiger partial charge in [0.25, 0.3) is 0 Å². The molecule has 70 heavy (non-hydrogen) atoms. The van der Waals surface area contributed by atoms with Crippen molar-refractivity contribution >= 4 is 19.7 Å². The van der Waals surface area contributed by atoms with Crippen LogP contribution in [-0.2, 0) is 27.9 Å². The molecule has 0 saturated heterocycles. The second-order valence-corrected chi connectivity index (χ2v) is 22.2. The summed E-state index contributed by atoms with van der Waals surface area (Å²) in [5.41, 5.74) is 0. The first-order valence-electron chi connectivity index (χ1n) is 29.1. The van der Waals surface area contributed by atoms with Gasteiger partial charge in [0.05, 0.1) is 33.8 Å². The van der Waals surface area contributed by atoms with Crippen molar-refractivity contribution in [3.05, 3.63) is 60.8 Å². The fourth-order valence-corrected chi connectivity index (χ4v) is 8.96. The van der Waals surface area contributed by atoms with Crippen LogP contribution in [0.25, 0.3) is 0 Å². The Morgan fingerprint density at radius 3 is 1.39 bits per heavy atom. The lowest BCUT2D eigenvalue weighted by Gasteiger charge is -2.27. The lowest BCUT2D eigenvalue weighted by atomic mass is 10.0. The summed E-state index contributed by atoms with van der Waals surface area (Å²) < 4.78 is 30.6. The maximum absolute atomic E-state index is 13.5. The smallest absolute Gasteiger partial charge is 0.456 e. The molecule has 9 nitrogen and oxygen atoms in total. The van der Waals surface area contributed by atoms with Gasteiger partial charge in [-0.25, -0.2) is 4.57 Å². The summed E-state index contributed by atoms with van der Waals surface area (Å²) >= 11 is 0. The molecular formula is C60H112N2O7P+.